The van der Waals surface area contributed by atoms with Gasteiger partial charge >= 0.3 is 0 Å². The molecule has 0 bridgehead atoms. The van der Waals surface area contributed by atoms with Gasteiger partial charge in [-0.1, -0.05) is 13.8 Å². The summed E-state index contributed by atoms with van der Waals surface area (Å²) in [4.78, 5) is 14.5. The van der Waals surface area contributed by atoms with Gasteiger partial charge in [0.05, 0.1) is 5.41 Å². The van der Waals surface area contributed by atoms with E-state index in [2.05, 4.69) is 26.1 Å². The van der Waals surface area contributed by atoms with E-state index in [1.807, 2.05) is 4.90 Å². The van der Waals surface area contributed by atoms with Crippen molar-refractivity contribution in [2.24, 2.45) is 11.1 Å². The Labute approximate surface area is 123 Å². The Kier molecular flexibility index (Phi) is 10.1. The van der Waals surface area contributed by atoms with Crippen LogP contribution in [0.25, 0.3) is 0 Å². The fourth-order valence-electron chi connectivity index (χ4n) is 2.38. The molecule has 0 aromatic heterocycles. The number of halogens is 2. The molecule has 1 saturated heterocycles. The molecule has 1 heterocycles. The molecule has 0 spiro atoms. The van der Waals surface area contributed by atoms with Gasteiger partial charge in [0.2, 0.25) is 5.91 Å². The predicted molar refractivity (Wildman–Crippen MR) is 80.6 cm³/mol. The highest BCUT2D eigenvalue weighted by Crippen LogP contribution is 2.28. The van der Waals surface area contributed by atoms with Crippen molar-refractivity contribution in [3.8, 4) is 0 Å². The molecule has 1 amide bonds. The Morgan fingerprint density at radius 3 is 2.33 bits per heavy atom. The minimum absolute atomic E-state index is 0. The lowest BCUT2D eigenvalue weighted by atomic mass is 9.80. The van der Waals surface area contributed by atoms with Crippen LogP contribution in [0.2, 0.25) is 0 Å². The number of hydrogen-bond acceptors (Lipinski definition) is 3. The molecule has 1 fully saturated rings. The number of nitrogens with one attached hydrogen (secondary N) is 1. The minimum atomic E-state index is -0.336. The van der Waals surface area contributed by atoms with E-state index in [4.69, 9.17) is 5.73 Å². The molecule has 0 saturated carbocycles. The lowest BCUT2D eigenvalue weighted by Gasteiger charge is -2.39. The Morgan fingerprint density at radius 2 is 1.94 bits per heavy atom. The summed E-state index contributed by atoms with van der Waals surface area (Å²) in [6, 6.07) is 0.391. The first kappa shape index (κ1) is 20.3. The number of rotatable bonds is 4. The van der Waals surface area contributed by atoms with E-state index in [-0.39, 0.29) is 36.1 Å². The van der Waals surface area contributed by atoms with Crippen molar-refractivity contribution in [3.63, 3.8) is 0 Å². The zero-order valence-corrected chi connectivity index (χ0v) is 13.2. The lowest BCUT2D eigenvalue weighted by Crippen LogP contribution is -2.56. The third kappa shape index (κ3) is 4.26. The third-order valence-electron chi connectivity index (χ3n) is 3.85. The summed E-state index contributed by atoms with van der Waals surface area (Å²) in [6.07, 6.45) is 1.66. The number of amides is 1. The zero-order valence-electron chi connectivity index (χ0n) is 11.6. The molecule has 1 unspecified atom stereocenters. The maximum Gasteiger partial charge on any atom is 0.230 e. The molecule has 6 heteroatoms. The molecule has 0 aromatic carbocycles. The first-order chi connectivity index (χ1) is 7.59. The normalized spacial score (nSPS) is 19.8. The number of carbonyl (C=O) groups excluding carboxylic acids is 1. The van der Waals surface area contributed by atoms with Gasteiger partial charge in [-0.2, -0.15) is 0 Å². The average molecular weight is 300 g/mol. The van der Waals surface area contributed by atoms with Crippen LogP contribution in [0.1, 0.15) is 33.6 Å². The molecule has 110 valence electrons. The van der Waals surface area contributed by atoms with Crippen molar-refractivity contribution in [2.45, 2.75) is 39.7 Å². The second-order valence-corrected chi connectivity index (χ2v) is 4.80. The number of carbonyl (C=O) groups is 1. The van der Waals surface area contributed by atoms with Gasteiger partial charge in [0.1, 0.15) is 0 Å². The molecule has 0 radical (unpaired) electrons. The van der Waals surface area contributed by atoms with Crippen molar-refractivity contribution in [1.82, 2.24) is 10.2 Å². The fraction of sp³-hybridized carbons (Fsp3) is 0.917. The maximum absolute atomic E-state index is 12.5. The van der Waals surface area contributed by atoms with Crippen molar-refractivity contribution in [3.05, 3.63) is 0 Å². The molecule has 3 N–H and O–H groups in total. The molecule has 18 heavy (non-hydrogen) atoms. The third-order valence-corrected chi connectivity index (χ3v) is 3.85. The number of hydrogen-bond donors (Lipinski definition) is 2. The summed E-state index contributed by atoms with van der Waals surface area (Å²) in [5.74, 6) is 0.244. The Hall–Kier alpha value is -0.0300. The van der Waals surface area contributed by atoms with Crippen LogP contribution in [0.4, 0.5) is 0 Å². The number of nitrogens with two attached hydrogens (primary N) is 1. The van der Waals surface area contributed by atoms with Crippen LogP contribution in [0, 0.1) is 5.41 Å². The molecule has 1 aliphatic heterocycles. The molecule has 0 aromatic rings. The first-order valence-corrected chi connectivity index (χ1v) is 6.32. The van der Waals surface area contributed by atoms with E-state index in [1.165, 1.54) is 0 Å². The van der Waals surface area contributed by atoms with E-state index < -0.39 is 0 Å². The smallest absolute Gasteiger partial charge is 0.230 e. The molecule has 0 aliphatic carbocycles. The van der Waals surface area contributed by atoms with E-state index in [0.29, 0.717) is 12.6 Å². The summed E-state index contributed by atoms with van der Waals surface area (Å²) in [5, 5.41) is 3.35. The molecule has 1 rings (SSSR count). The monoisotopic (exact) mass is 299 g/mol. The van der Waals surface area contributed by atoms with Gasteiger partial charge < -0.3 is 16.0 Å². The fourth-order valence-corrected chi connectivity index (χ4v) is 2.38. The second-order valence-electron chi connectivity index (χ2n) is 4.80. The van der Waals surface area contributed by atoms with Crippen LogP contribution in [-0.4, -0.2) is 43.0 Å². The van der Waals surface area contributed by atoms with Crippen molar-refractivity contribution >= 4 is 30.7 Å². The first-order valence-electron chi connectivity index (χ1n) is 6.32. The van der Waals surface area contributed by atoms with Crippen LogP contribution >= 0.6 is 24.8 Å². The second kappa shape index (κ2) is 8.97. The van der Waals surface area contributed by atoms with Gasteiger partial charge in [-0.15, -0.1) is 24.8 Å². The standard InChI is InChI=1S/C12H25N3O.2ClH/c1-4-12(5-2,9-13)11(16)15-7-6-14-10(3)8-15;;/h10,14H,4-9,13H2,1-3H3;2*1H. The maximum atomic E-state index is 12.5. The summed E-state index contributed by atoms with van der Waals surface area (Å²) in [5.41, 5.74) is 5.47. The van der Waals surface area contributed by atoms with Gasteiger partial charge in [0.25, 0.3) is 0 Å². The summed E-state index contributed by atoms with van der Waals surface area (Å²) in [7, 11) is 0. The highest BCUT2D eigenvalue weighted by molar-refractivity contribution is 5.85. The van der Waals surface area contributed by atoms with Crippen LogP contribution < -0.4 is 11.1 Å². The topological polar surface area (TPSA) is 58.4 Å². The Balaban J connectivity index is 0. The SMILES string of the molecule is CCC(CC)(CN)C(=O)N1CCNC(C)C1.Cl.Cl. The van der Waals surface area contributed by atoms with Crippen LogP contribution in [-0.2, 0) is 4.79 Å². The van der Waals surface area contributed by atoms with Crippen molar-refractivity contribution < 1.29 is 4.79 Å². The van der Waals surface area contributed by atoms with Gasteiger partial charge in [-0.25, -0.2) is 0 Å². The highest BCUT2D eigenvalue weighted by Gasteiger charge is 2.37. The summed E-state index contributed by atoms with van der Waals surface area (Å²) >= 11 is 0. The van der Waals surface area contributed by atoms with Gasteiger partial charge in [-0.05, 0) is 19.8 Å². The van der Waals surface area contributed by atoms with E-state index in [1.54, 1.807) is 0 Å². The molecule has 1 atom stereocenters. The number of piperazine rings is 1. The molecule has 1 aliphatic rings. The van der Waals surface area contributed by atoms with E-state index >= 15 is 0 Å². The largest absolute Gasteiger partial charge is 0.339 e. The minimum Gasteiger partial charge on any atom is -0.339 e. The predicted octanol–water partition coefficient (Wildman–Crippen LogP) is 1.42. The lowest BCUT2D eigenvalue weighted by molar-refractivity contribution is -0.143. The average Bonchev–Trinajstić information content (AvgIpc) is 2.32. The van der Waals surface area contributed by atoms with Crippen LogP contribution in [0.5, 0.6) is 0 Å². The Bertz CT molecular complexity index is 239. The molecule has 4 nitrogen and oxygen atoms in total. The van der Waals surface area contributed by atoms with E-state index in [0.717, 1.165) is 32.5 Å². The highest BCUT2D eigenvalue weighted by atomic mass is 35.5. The van der Waals surface area contributed by atoms with Crippen molar-refractivity contribution in [1.29, 1.82) is 0 Å². The molecular formula is C12H27Cl2N3O. The van der Waals surface area contributed by atoms with Crippen molar-refractivity contribution in [2.75, 3.05) is 26.2 Å². The van der Waals surface area contributed by atoms with Crippen LogP contribution in [0.15, 0.2) is 0 Å². The quantitative estimate of drug-likeness (QED) is 0.825. The van der Waals surface area contributed by atoms with Gasteiger partial charge in [0, 0.05) is 32.2 Å². The number of nitrogens with zero attached hydrogens (tertiary/aromatic N) is 1. The summed E-state index contributed by atoms with van der Waals surface area (Å²) in [6.45, 7) is 9.19. The zero-order chi connectivity index (χ0) is 12.2. The van der Waals surface area contributed by atoms with Gasteiger partial charge in [-0.3, -0.25) is 4.79 Å². The van der Waals surface area contributed by atoms with Crippen LogP contribution in [0.3, 0.4) is 0 Å². The summed E-state index contributed by atoms with van der Waals surface area (Å²) < 4.78 is 0. The van der Waals surface area contributed by atoms with Gasteiger partial charge in [0.15, 0.2) is 0 Å². The molecular weight excluding hydrogens is 273 g/mol. The van der Waals surface area contributed by atoms with E-state index in [9.17, 15) is 4.79 Å². The Morgan fingerprint density at radius 1 is 1.39 bits per heavy atom.